The summed E-state index contributed by atoms with van der Waals surface area (Å²) in [7, 11) is 1.95. The Morgan fingerprint density at radius 3 is 2.78 bits per heavy atom. The van der Waals surface area contributed by atoms with Crippen LogP contribution in [0.15, 0.2) is 18.2 Å². The van der Waals surface area contributed by atoms with Crippen molar-refractivity contribution in [3.8, 4) is 10.6 Å². The van der Waals surface area contributed by atoms with Crippen molar-refractivity contribution in [3.63, 3.8) is 0 Å². The predicted molar refractivity (Wildman–Crippen MR) is 77.6 cm³/mol. The highest BCUT2D eigenvalue weighted by molar-refractivity contribution is 7.14. The van der Waals surface area contributed by atoms with Crippen LogP contribution in [0, 0.1) is 0 Å². The molecule has 0 amide bonds. The predicted octanol–water partition coefficient (Wildman–Crippen LogP) is 3.66. The van der Waals surface area contributed by atoms with Crippen molar-refractivity contribution < 1.29 is 0 Å². The lowest BCUT2D eigenvalue weighted by Gasteiger charge is -1.98. The molecule has 6 heteroatoms. The summed E-state index contributed by atoms with van der Waals surface area (Å²) in [6.45, 7) is 0.988. The van der Waals surface area contributed by atoms with Gasteiger partial charge in [0.1, 0.15) is 10.0 Å². The Morgan fingerprint density at radius 1 is 1.22 bits per heavy atom. The minimum atomic E-state index is 0.543. The van der Waals surface area contributed by atoms with Crippen LogP contribution in [0.25, 0.3) is 10.6 Å². The lowest BCUT2D eigenvalue weighted by Crippen LogP contribution is -2.08. The third-order valence-corrected chi connectivity index (χ3v) is 4.22. The second kappa shape index (κ2) is 6.48. The molecule has 0 bridgehead atoms. The fraction of sp³-hybridized carbons (Fsp3) is 0.333. The Hall–Kier alpha value is -0.680. The standard InChI is InChI=1S/C12H13Cl2N3S/c1-15-6-2-3-11-16-17-12(18-11)8-4-5-9(13)10(14)7-8/h4-5,7,15H,2-3,6H2,1H3. The van der Waals surface area contributed by atoms with Crippen LogP contribution in [0.4, 0.5) is 0 Å². The van der Waals surface area contributed by atoms with E-state index in [-0.39, 0.29) is 0 Å². The summed E-state index contributed by atoms with van der Waals surface area (Å²) in [5.74, 6) is 0. The van der Waals surface area contributed by atoms with E-state index in [1.807, 2.05) is 19.2 Å². The molecular formula is C12H13Cl2N3S. The maximum atomic E-state index is 5.99. The molecule has 3 nitrogen and oxygen atoms in total. The molecule has 1 aromatic heterocycles. The van der Waals surface area contributed by atoms with Crippen LogP contribution in [0.5, 0.6) is 0 Å². The largest absolute Gasteiger partial charge is 0.320 e. The van der Waals surface area contributed by atoms with Crippen LogP contribution in [0.1, 0.15) is 11.4 Å². The van der Waals surface area contributed by atoms with Gasteiger partial charge in [0.25, 0.3) is 0 Å². The van der Waals surface area contributed by atoms with Gasteiger partial charge in [-0.2, -0.15) is 0 Å². The summed E-state index contributed by atoms with van der Waals surface area (Å²) in [5, 5.41) is 14.5. The third-order valence-electron chi connectivity index (χ3n) is 2.45. The van der Waals surface area contributed by atoms with Crippen LogP contribution in [0.2, 0.25) is 10.0 Å². The number of hydrogen-bond donors (Lipinski definition) is 1. The van der Waals surface area contributed by atoms with Crippen molar-refractivity contribution in [1.82, 2.24) is 15.5 Å². The number of aromatic nitrogens is 2. The number of halogens is 2. The van der Waals surface area contributed by atoms with Gasteiger partial charge in [-0.1, -0.05) is 40.6 Å². The van der Waals surface area contributed by atoms with Gasteiger partial charge in [-0.05, 0) is 32.1 Å². The number of nitrogens with zero attached hydrogens (tertiary/aromatic N) is 2. The molecule has 1 aromatic carbocycles. The smallest absolute Gasteiger partial charge is 0.147 e. The van der Waals surface area contributed by atoms with Crippen molar-refractivity contribution in [2.24, 2.45) is 0 Å². The van der Waals surface area contributed by atoms with Crippen LogP contribution >= 0.6 is 34.5 Å². The first-order valence-corrected chi connectivity index (χ1v) is 7.20. The zero-order valence-corrected chi connectivity index (χ0v) is 12.2. The summed E-state index contributed by atoms with van der Waals surface area (Å²) in [5.41, 5.74) is 0.960. The van der Waals surface area contributed by atoms with Crippen LogP contribution < -0.4 is 5.32 Å². The Morgan fingerprint density at radius 2 is 2.06 bits per heavy atom. The zero-order chi connectivity index (χ0) is 13.0. The molecule has 0 spiro atoms. The van der Waals surface area contributed by atoms with Gasteiger partial charge in [-0.25, -0.2) is 0 Å². The maximum Gasteiger partial charge on any atom is 0.147 e. The molecule has 18 heavy (non-hydrogen) atoms. The first-order chi connectivity index (χ1) is 8.70. The Labute approximate surface area is 120 Å². The van der Waals surface area contributed by atoms with Gasteiger partial charge in [0.2, 0.25) is 0 Å². The second-order valence-electron chi connectivity index (χ2n) is 3.84. The molecule has 0 saturated heterocycles. The summed E-state index contributed by atoms with van der Waals surface area (Å²) >= 11 is 13.5. The normalized spacial score (nSPS) is 10.8. The van der Waals surface area contributed by atoms with Crippen LogP contribution in [0.3, 0.4) is 0 Å². The Balaban J connectivity index is 2.11. The Kier molecular flexibility index (Phi) is 4.95. The molecule has 96 valence electrons. The fourth-order valence-electron chi connectivity index (χ4n) is 1.52. The first kappa shape index (κ1) is 13.7. The molecule has 0 unspecified atom stereocenters. The SMILES string of the molecule is CNCCCc1nnc(-c2ccc(Cl)c(Cl)c2)s1. The molecule has 1 heterocycles. The van der Waals surface area contributed by atoms with E-state index < -0.39 is 0 Å². The molecule has 0 radical (unpaired) electrons. The summed E-state index contributed by atoms with van der Waals surface area (Å²) in [6, 6.07) is 5.51. The minimum Gasteiger partial charge on any atom is -0.320 e. The lowest BCUT2D eigenvalue weighted by molar-refractivity contribution is 0.718. The molecule has 0 aliphatic rings. The highest BCUT2D eigenvalue weighted by Gasteiger charge is 2.08. The molecule has 0 aliphatic heterocycles. The monoisotopic (exact) mass is 301 g/mol. The van der Waals surface area contributed by atoms with Crippen LogP contribution in [-0.2, 0) is 6.42 Å². The molecule has 1 N–H and O–H groups in total. The summed E-state index contributed by atoms with van der Waals surface area (Å²) in [4.78, 5) is 0. The molecule has 0 atom stereocenters. The zero-order valence-electron chi connectivity index (χ0n) is 9.91. The van der Waals surface area contributed by atoms with E-state index in [4.69, 9.17) is 23.2 Å². The summed E-state index contributed by atoms with van der Waals surface area (Å²) < 4.78 is 0. The van der Waals surface area contributed by atoms with Crippen molar-refractivity contribution in [2.45, 2.75) is 12.8 Å². The van der Waals surface area contributed by atoms with Gasteiger partial charge < -0.3 is 5.32 Å². The van der Waals surface area contributed by atoms with Gasteiger partial charge in [0.05, 0.1) is 10.0 Å². The average molecular weight is 302 g/mol. The lowest BCUT2D eigenvalue weighted by atomic mass is 10.2. The van der Waals surface area contributed by atoms with Crippen molar-refractivity contribution in [1.29, 1.82) is 0 Å². The number of aryl methyl sites for hydroxylation is 1. The van der Waals surface area contributed by atoms with Crippen molar-refractivity contribution in [2.75, 3.05) is 13.6 Å². The molecule has 0 fully saturated rings. The highest BCUT2D eigenvalue weighted by Crippen LogP contribution is 2.30. The van der Waals surface area contributed by atoms with Gasteiger partial charge >= 0.3 is 0 Å². The van der Waals surface area contributed by atoms with Gasteiger partial charge in [0.15, 0.2) is 0 Å². The highest BCUT2D eigenvalue weighted by atomic mass is 35.5. The molecule has 2 aromatic rings. The van der Waals surface area contributed by atoms with E-state index in [0.717, 1.165) is 35.0 Å². The van der Waals surface area contributed by atoms with Crippen molar-refractivity contribution >= 4 is 34.5 Å². The van der Waals surface area contributed by atoms with E-state index in [1.54, 1.807) is 17.4 Å². The van der Waals surface area contributed by atoms with Gasteiger partial charge in [0, 0.05) is 12.0 Å². The maximum absolute atomic E-state index is 5.99. The quantitative estimate of drug-likeness (QED) is 0.856. The number of nitrogens with one attached hydrogen (secondary N) is 1. The molecular weight excluding hydrogens is 289 g/mol. The minimum absolute atomic E-state index is 0.543. The van der Waals surface area contributed by atoms with E-state index >= 15 is 0 Å². The fourth-order valence-corrected chi connectivity index (χ4v) is 2.69. The Bertz CT molecular complexity index is 528. The van der Waals surface area contributed by atoms with E-state index in [0.29, 0.717) is 10.0 Å². The number of rotatable bonds is 5. The third kappa shape index (κ3) is 3.42. The average Bonchev–Trinajstić information content (AvgIpc) is 2.82. The van der Waals surface area contributed by atoms with Crippen molar-refractivity contribution in [3.05, 3.63) is 33.3 Å². The topological polar surface area (TPSA) is 37.8 Å². The van der Waals surface area contributed by atoms with E-state index in [2.05, 4.69) is 15.5 Å². The second-order valence-corrected chi connectivity index (χ2v) is 5.71. The first-order valence-electron chi connectivity index (χ1n) is 5.63. The number of benzene rings is 1. The summed E-state index contributed by atoms with van der Waals surface area (Å²) in [6.07, 6.45) is 2.01. The molecule has 0 aliphatic carbocycles. The number of hydrogen-bond acceptors (Lipinski definition) is 4. The molecule has 2 rings (SSSR count). The van der Waals surface area contributed by atoms with E-state index in [9.17, 15) is 0 Å². The van der Waals surface area contributed by atoms with Gasteiger partial charge in [-0.15, -0.1) is 10.2 Å². The van der Waals surface area contributed by atoms with Crippen LogP contribution in [-0.4, -0.2) is 23.8 Å². The van der Waals surface area contributed by atoms with Gasteiger partial charge in [-0.3, -0.25) is 0 Å². The molecule has 0 saturated carbocycles. The van der Waals surface area contributed by atoms with E-state index in [1.165, 1.54) is 0 Å².